The third kappa shape index (κ3) is 4.24. The number of thiophene rings is 1. The first-order valence-corrected chi connectivity index (χ1v) is 12.5. The Bertz CT molecular complexity index is 1420. The van der Waals surface area contributed by atoms with Gasteiger partial charge in [0.1, 0.15) is 4.83 Å². The zero-order valence-electron chi connectivity index (χ0n) is 18.0. The lowest BCUT2D eigenvalue weighted by Gasteiger charge is -2.12. The van der Waals surface area contributed by atoms with E-state index in [1.807, 2.05) is 30.3 Å². The van der Waals surface area contributed by atoms with Gasteiger partial charge in [0.15, 0.2) is 10.9 Å². The van der Waals surface area contributed by atoms with Gasteiger partial charge in [-0.05, 0) is 68.1 Å². The number of hydrogen-bond acceptors (Lipinski definition) is 6. The van der Waals surface area contributed by atoms with Gasteiger partial charge in [-0.1, -0.05) is 30.0 Å². The number of thioether (sulfide) groups is 1. The molecule has 0 atom stereocenters. The molecule has 0 saturated carbocycles. The number of ketones is 1. The number of amides is 1. The maximum atomic E-state index is 13.6. The maximum Gasteiger partial charge on any atom is 0.267 e. The minimum atomic E-state index is -0.210. The molecule has 1 N–H and O–H groups in total. The van der Waals surface area contributed by atoms with Gasteiger partial charge in [-0.2, -0.15) is 0 Å². The second-order valence-corrected chi connectivity index (χ2v) is 9.90. The number of Topliss-reactive ketones (excluding diaryl/α,β-unsaturated/α-hetero) is 1. The molecule has 0 bridgehead atoms. The molecule has 0 radical (unpaired) electrons. The molecule has 33 heavy (non-hydrogen) atoms. The summed E-state index contributed by atoms with van der Waals surface area (Å²) in [5, 5.41) is 4.06. The predicted octanol–water partition coefficient (Wildman–Crippen LogP) is 4.87. The van der Waals surface area contributed by atoms with E-state index in [-0.39, 0.29) is 23.0 Å². The molecule has 1 aliphatic rings. The molecule has 166 valence electrons. The first-order chi connectivity index (χ1) is 16.0. The number of rotatable bonds is 6. The van der Waals surface area contributed by atoms with Crippen molar-refractivity contribution in [2.24, 2.45) is 0 Å². The quantitative estimate of drug-likeness (QED) is 0.244. The Morgan fingerprint density at radius 2 is 1.85 bits per heavy atom. The zero-order chi connectivity index (χ0) is 22.9. The standard InChI is InChI=1S/C25H21N3O3S2/c1-15(29)16-10-12-17(13-11-16)26-21(30)14-32-25-27-23-22(19-8-5-9-20(19)33-23)24(31)28(25)18-6-3-2-4-7-18/h2-4,6-7,10-13H,5,8-9,14H2,1H3,(H,26,30). The van der Waals surface area contributed by atoms with Crippen LogP contribution in [-0.2, 0) is 17.6 Å². The van der Waals surface area contributed by atoms with Gasteiger partial charge >= 0.3 is 0 Å². The number of carbonyl (C=O) groups is 2. The average molecular weight is 476 g/mol. The van der Waals surface area contributed by atoms with Gasteiger partial charge in [-0.15, -0.1) is 11.3 Å². The summed E-state index contributed by atoms with van der Waals surface area (Å²) < 4.78 is 1.62. The van der Waals surface area contributed by atoms with Crippen molar-refractivity contribution >= 4 is 50.7 Å². The number of para-hydroxylation sites is 1. The molecule has 0 unspecified atom stereocenters. The number of benzene rings is 2. The number of fused-ring (bicyclic) bond motifs is 3. The van der Waals surface area contributed by atoms with E-state index in [2.05, 4.69) is 5.32 Å². The molecule has 4 aromatic rings. The third-order valence-corrected chi connectivity index (χ3v) is 7.75. The Morgan fingerprint density at radius 3 is 2.58 bits per heavy atom. The topological polar surface area (TPSA) is 81.1 Å². The van der Waals surface area contributed by atoms with E-state index in [0.29, 0.717) is 16.4 Å². The average Bonchev–Trinajstić information content (AvgIpc) is 3.39. The van der Waals surface area contributed by atoms with E-state index in [4.69, 9.17) is 4.98 Å². The van der Waals surface area contributed by atoms with E-state index in [9.17, 15) is 14.4 Å². The summed E-state index contributed by atoms with van der Waals surface area (Å²) in [6, 6.07) is 16.2. The van der Waals surface area contributed by atoms with Gasteiger partial charge < -0.3 is 5.32 Å². The van der Waals surface area contributed by atoms with Gasteiger partial charge in [0.2, 0.25) is 5.91 Å². The molecule has 0 saturated heterocycles. The summed E-state index contributed by atoms with van der Waals surface area (Å²) in [6.07, 6.45) is 2.98. The highest BCUT2D eigenvalue weighted by Crippen LogP contribution is 2.36. The predicted molar refractivity (Wildman–Crippen MR) is 133 cm³/mol. The number of nitrogens with zero attached hydrogens (tertiary/aromatic N) is 2. The van der Waals surface area contributed by atoms with Crippen molar-refractivity contribution in [3.63, 3.8) is 0 Å². The molecule has 6 nitrogen and oxygen atoms in total. The van der Waals surface area contributed by atoms with Crippen LogP contribution >= 0.6 is 23.1 Å². The molecule has 2 aromatic carbocycles. The number of hydrogen-bond donors (Lipinski definition) is 1. The molecule has 0 fully saturated rings. The van der Waals surface area contributed by atoms with Crippen LogP contribution in [0.2, 0.25) is 0 Å². The second-order valence-electron chi connectivity index (χ2n) is 7.88. The van der Waals surface area contributed by atoms with E-state index in [0.717, 1.165) is 40.7 Å². The highest BCUT2D eigenvalue weighted by Gasteiger charge is 2.24. The van der Waals surface area contributed by atoms with Crippen LogP contribution in [0.3, 0.4) is 0 Å². The Kier molecular flexibility index (Phi) is 5.86. The monoisotopic (exact) mass is 475 g/mol. The zero-order valence-corrected chi connectivity index (χ0v) is 19.6. The minimum absolute atomic E-state index is 0.0247. The highest BCUT2D eigenvalue weighted by molar-refractivity contribution is 7.99. The van der Waals surface area contributed by atoms with Gasteiger partial charge in [0, 0.05) is 16.1 Å². The van der Waals surface area contributed by atoms with Crippen LogP contribution in [0, 0.1) is 0 Å². The first kappa shape index (κ1) is 21.6. The molecule has 0 spiro atoms. The van der Waals surface area contributed by atoms with Crippen LogP contribution in [0.25, 0.3) is 15.9 Å². The van der Waals surface area contributed by atoms with Crippen LogP contribution in [0.1, 0.15) is 34.1 Å². The van der Waals surface area contributed by atoms with E-state index in [1.54, 1.807) is 40.2 Å². The van der Waals surface area contributed by atoms with E-state index in [1.165, 1.54) is 23.6 Å². The lowest BCUT2D eigenvalue weighted by Crippen LogP contribution is -2.23. The molecular weight excluding hydrogens is 454 g/mol. The number of aryl methyl sites for hydroxylation is 2. The van der Waals surface area contributed by atoms with E-state index >= 15 is 0 Å². The van der Waals surface area contributed by atoms with Gasteiger partial charge in [-0.3, -0.25) is 19.0 Å². The largest absolute Gasteiger partial charge is 0.325 e. The van der Waals surface area contributed by atoms with Gasteiger partial charge in [0.25, 0.3) is 5.56 Å². The summed E-state index contributed by atoms with van der Waals surface area (Å²) >= 11 is 2.83. The summed E-state index contributed by atoms with van der Waals surface area (Å²) in [5.41, 5.74) is 3.00. The Morgan fingerprint density at radius 1 is 1.09 bits per heavy atom. The fraction of sp³-hybridized carbons (Fsp3) is 0.200. The molecule has 2 heterocycles. The number of aromatic nitrogens is 2. The van der Waals surface area contributed by atoms with Crippen molar-refractivity contribution < 1.29 is 9.59 Å². The Hall–Kier alpha value is -3.23. The highest BCUT2D eigenvalue weighted by atomic mass is 32.2. The summed E-state index contributed by atoms with van der Waals surface area (Å²) in [4.78, 5) is 44.4. The van der Waals surface area contributed by atoms with Crippen LogP contribution in [-0.4, -0.2) is 27.0 Å². The van der Waals surface area contributed by atoms with Gasteiger partial charge in [0.05, 0.1) is 16.8 Å². The Labute approximate surface area is 198 Å². The van der Waals surface area contributed by atoms with Crippen molar-refractivity contribution in [2.45, 2.75) is 31.3 Å². The lowest BCUT2D eigenvalue weighted by atomic mass is 10.1. The smallest absolute Gasteiger partial charge is 0.267 e. The van der Waals surface area contributed by atoms with Crippen molar-refractivity contribution in [1.82, 2.24) is 9.55 Å². The van der Waals surface area contributed by atoms with Crippen molar-refractivity contribution in [3.8, 4) is 5.69 Å². The second kappa shape index (κ2) is 8.96. The molecule has 5 rings (SSSR count). The summed E-state index contributed by atoms with van der Waals surface area (Å²) in [5.74, 6) is -0.133. The molecule has 0 aliphatic heterocycles. The van der Waals surface area contributed by atoms with Crippen molar-refractivity contribution in [2.75, 3.05) is 11.1 Å². The van der Waals surface area contributed by atoms with Crippen molar-refractivity contribution in [1.29, 1.82) is 0 Å². The lowest BCUT2D eigenvalue weighted by molar-refractivity contribution is -0.113. The normalized spacial score (nSPS) is 12.6. The van der Waals surface area contributed by atoms with Gasteiger partial charge in [-0.25, -0.2) is 4.98 Å². The maximum absolute atomic E-state index is 13.6. The third-order valence-electron chi connectivity index (χ3n) is 5.63. The summed E-state index contributed by atoms with van der Waals surface area (Å²) in [7, 11) is 0. The van der Waals surface area contributed by atoms with Crippen LogP contribution in [0.15, 0.2) is 64.5 Å². The number of carbonyl (C=O) groups excluding carboxylic acids is 2. The molecule has 8 heteroatoms. The molecule has 1 aliphatic carbocycles. The number of anilines is 1. The number of nitrogens with one attached hydrogen (secondary N) is 1. The minimum Gasteiger partial charge on any atom is -0.325 e. The fourth-order valence-electron chi connectivity index (χ4n) is 4.04. The fourth-order valence-corrected chi connectivity index (χ4v) is 6.16. The van der Waals surface area contributed by atoms with Crippen LogP contribution in [0.5, 0.6) is 0 Å². The Balaban J connectivity index is 1.44. The SMILES string of the molecule is CC(=O)c1ccc(NC(=O)CSc2nc3sc4c(c3c(=O)n2-c2ccccc2)CCC4)cc1. The molecule has 1 amide bonds. The van der Waals surface area contributed by atoms with Crippen molar-refractivity contribution in [3.05, 3.63) is 81.0 Å². The van der Waals surface area contributed by atoms with Crippen LogP contribution in [0.4, 0.5) is 5.69 Å². The first-order valence-electron chi connectivity index (χ1n) is 10.7. The molecular formula is C25H21N3O3S2. The molecule has 2 aromatic heterocycles. The summed E-state index contributed by atoms with van der Waals surface area (Å²) in [6.45, 7) is 1.50. The van der Waals surface area contributed by atoms with Crippen LogP contribution < -0.4 is 10.9 Å². The van der Waals surface area contributed by atoms with E-state index < -0.39 is 0 Å².